The first kappa shape index (κ1) is 20.3. The summed E-state index contributed by atoms with van der Waals surface area (Å²) in [6.45, 7) is 6.12. The lowest BCUT2D eigenvalue weighted by Gasteiger charge is -2.41. The molecule has 154 valence electrons. The molecule has 1 aliphatic heterocycles. The lowest BCUT2D eigenvalue weighted by Crippen LogP contribution is -2.42. The van der Waals surface area contributed by atoms with Crippen LogP contribution in [0.5, 0.6) is 0 Å². The van der Waals surface area contributed by atoms with Gasteiger partial charge in [0, 0.05) is 17.6 Å². The maximum atomic E-state index is 12.1. The van der Waals surface area contributed by atoms with Gasteiger partial charge in [-0.25, -0.2) is 4.79 Å². The third-order valence-corrected chi connectivity index (χ3v) is 6.42. The first-order chi connectivity index (χ1) is 13.2. The molecule has 7 nitrogen and oxygen atoms in total. The molecule has 1 aromatic carbocycles. The number of nitrogen functional groups attached to an aromatic ring is 1. The fraction of sp³-hybridized carbons (Fsp3) is 0.619. The molecule has 1 aromatic rings. The molecule has 3 atom stereocenters. The van der Waals surface area contributed by atoms with Crippen molar-refractivity contribution in [2.24, 2.45) is 11.3 Å². The molecule has 0 spiro atoms. The number of methoxy groups -OCH3 is 1. The molecule has 28 heavy (non-hydrogen) atoms. The minimum atomic E-state index is -0.948. The number of hydrogen-bond acceptors (Lipinski definition) is 5. The summed E-state index contributed by atoms with van der Waals surface area (Å²) in [6, 6.07) is 3.87. The number of carbonyl (C=O) groups is 2. The maximum Gasteiger partial charge on any atom is 0.412 e. The lowest BCUT2D eigenvalue weighted by molar-refractivity contribution is -0.151. The van der Waals surface area contributed by atoms with E-state index >= 15 is 0 Å². The van der Waals surface area contributed by atoms with Crippen LogP contribution in [0.3, 0.4) is 0 Å². The summed E-state index contributed by atoms with van der Waals surface area (Å²) < 4.78 is 4.97. The number of fused-ring (bicyclic) bond motifs is 1. The minimum absolute atomic E-state index is 0.0578. The molecule has 4 N–H and O–H groups in total. The summed E-state index contributed by atoms with van der Waals surface area (Å²) >= 11 is 0. The zero-order chi connectivity index (χ0) is 20.6. The van der Waals surface area contributed by atoms with E-state index in [1.807, 2.05) is 19.1 Å². The van der Waals surface area contributed by atoms with Crippen LogP contribution in [0, 0.1) is 11.3 Å². The van der Waals surface area contributed by atoms with Crippen LogP contribution in [0.4, 0.5) is 21.9 Å². The molecule has 1 unspecified atom stereocenters. The fourth-order valence-electron chi connectivity index (χ4n) is 4.84. The monoisotopic (exact) mass is 389 g/mol. The molecule has 1 aliphatic carbocycles. The first-order valence-corrected chi connectivity index (χ1v) is 9.93. The quantitative estimate of drug-likeness (QED) is 0.535. The highest BCUT2D eigenvalue weighted by atomic mass is 16.5. The number of nitrogens with one attached hydrogen (secondary N) is 1. The average molecular weight is 389 g/mol. The van der Waals surface area contributed by atoms with Gasteiger partial charge in [0.05, 0.1) is 30.1 Å². The van der Waals surface area contributed by atoms with Gasteiger partial charge in [-0.1, -0.05) is 13.8 Å². The molecule has 0 bridgehead atoms. The van der Waals surface area contributed by atoms with Crippen LogP contribution in [0.15, 0.2) is 12.1 Å². The van der Waals surface area contributed by atoms with Crippen LogP contribution in [0.2, 0.25) is 0 Å². The Bertz CT molecular complexity index is 777. The molecule has 1 heterocycles. The Kier molecular flexibility index (Phi) is 5.46. The second kappa shape index (κ2) is 7.53. The van der Waals surface area contributed by atoms with Crippen LogP contribution in [-0.2, 0) is 16.0 Å². The van der Waals surface area contributed by atoms with E-state index in [0.29, 0.717) is 11.4 Å². The van der Waals surface area contributed by atoms with Crippen LogP contribution in [-0.4, -0.2) is 36.4 Å². The van der Waals surface area contributed by atoms with E-state index in [-0.39, 0.29) is 29.4 Å². The Labute approximate surface area is 166 Å². The topological polar surface area (TPSA) is 105 Å². The van der Waals surface area contributed by atoms with Gasteiger partial charge in [-0.2, -0.15) is 0 Å². The van der Waals surface area contributed by atoms with Gasteiger partial charge < -0.3 is 20.9 Å². The van der Waals surface area contributed by atoms with Crippen molar-refractivity contribution in [1.29, 1.82) is 0 Å². The van der Waals surface area contributed by atoms with Gasteiger partial charge in [-0.3, -0.25) is 9.69 Å². The highest BCUT2D eigenvalue weighted by Gasteiger charge is 2.41. The van der Waals surface area contributed by atoms with Crippen molar-refractivity contribution < 1.29 is 19.4 Å². The summed E-state index contributed by atoms with van der Waals surface area (Å²) in [5.74, 6) is -0.235. The van der Waals surface area contributed by atoms with E-state index in [2.05, 4.69) is 19.2 Å². The fourth-order valence-corrected chi connectivity index (χ4v) is 4.84. The number of benzene rings is 1. The number of ether oxygens (including phenoxy) is 1. The Morgan fingerprint density at radius 2 is 2.00 bits per heavy atom. The smallest absolute Gasteiger partial charge is 0.412 e. The van der Waals surface area contributed by atoms with E-state index in [1.54, 1.807) is 0 Å². The zero-order valence-electron chi connectivity index (χ0n) is 17.1. The van der Waals surface area contributed by atoms with E-state index in [4.69, 9.17) is 10.5 Å². The van der Waals surface area contributed by atoms with Crippen molar-refractivity contribution in [1.82, 2.24) is 0 Å². The summed E-state index contributed by atoms with van der Waals surface area (Å²) in [5.41, 5.74) is 9.32. The molecule has 1 fully saturated rings. The molecular formula is C21H31N3O4. The number of carbonyl (C=O) groups excluding carboxylic acids is 1. The van der Waals surface area contributed by atoms with Gasteiger partial charge >= 0.3 is 12.1 Å². The normalized spacial score (nSPS) is 26.3. The highest BCUT2D eigenvalue weighted by molar-refractivity contribution is 5.92. The predicted molar refractivity (Wildman–Crippen MR) is 110 cm³/mol. The van der Waals surface area contributed by atoms with Crippen molar-refractivity contribution in [2.75, 3.05) is 23.1 Å². The maximum absolute atomic E-state index is 12.1. The van der Waals surface area contributed by atoms with Crippen LogP contribution in [0.1, 0.15) is 52.0 Å². The van der Waals surface area contributed by atoms with Gasteiger partial charge in [0.25, 0.3) is 0 Å². The second-order valence-electron chi connectivity index (χ2n) is 8.75. The Balaban J connectivity index is 1.80. The Morgan fingerprint density at radius 1 is 1.29 bits per heavy atom. The van der Waals surface area contributed by atoms with Gasteiger partial charge in [0.1, 0.15) is 0 Å². The zero-order valence-corrected chi connectivity index (χ0v) is 17.1. The SMILES string of the molecule is COC(=O)[C@@H]1CC[C@H](Nc2ccc3c(c2N)CCC(C)N3C(=O)O)CC1(C)C. The molecule has 0 aromatic heterocycles. The van der Waals surface area contributed by atoms with Crippen molar-refractivity contribution in [3.05, 3.63) is 17.7 Å². The van der Waals surface area contributed by atoms with Crippen molar-refractivity contribution >= 4 is 29.1 Å². The second-order valence-corrected chi connectivity index (χ2v) is 8.75. The van der Waals surface area contributed by atoms with Gasteiger partial charge in [0.15, 0.2) is 0 Å². The number of amides is 1. The van der Waals surface area contributed by atoms with E-state index in [9.17, 15) is 14.7 Å². The van der Waals surface area contributed by atoms with Gasteiger partial charge in [-0.05, 0) is 56.6 Å². The Hall–Kier alpha value is -2.44. The number of rotatable bonds is 3. The highest BCUT2D eigenvalue weighted by Crippen LogP contribution is 2.44. The van der Waals surface area contributed by atoms with E-state index in [1.165, 1.54) is 12.0 Å². The summed E-state index contributed by atoms with van der Waals surface area (Å²) in [6.07, 6.45) is 3.04. The van der Waals surface area contributed by atoms with Crippen molar-refractivity contribution in [3.8, 4) is 0 Å². The van der Waals surface area contributed by atoms with Crippen molar-refractivity contribution in [3.63, 3.8) is 0 Å². The predicted octanol–water partition coefficient (Wildman–Crippen LogP) is 3.87. The number of carboxylic acid groups (broad SMARTS) is 1. The molecular weight excluding hydrogens is 358 g/mol. The molecule has 3 rings (SSSR count). The van der Waals surface area contributed by atoms with Crippen molar-refractivity contribution in [2.45, 2.75) is 65.0 Å². The largest absolute Gasteiger partial charge is 0.469 e. The number of nitrogens with zero attached hydrogens (tertiary/aromatic N) is 1. The first-order valence-electron chi connectivity index (χ1n) is 9.93. The van der Waals surface area contributed by atoms with E-state index in [0.717, 1.165) is 43.4 Å². The van der Waals surface area contributed by atoms with Gasteiger partial charge in [-0.15, -0.1) is 0 Å². The number of esters is 1. The molecule has 1 amide bonds. The third-order valence-electron chi connectivity index (χ3n) is 6.42. The third kappa shape index (κ3) is 3.62. The van der Waals surface area contributed by atoms with Crippen LogP contribution < -0.4 is 16.0 Å². The van der Waals surface area contributed by atoms with E-state index < -0.39 is 6.09 Å². The molecule has 1 saturated carbocycles. The minimum Gasteiger partial charge on any atom is -0.469 e. The number of nitrogens with two attached hydrogens (primary N) is 1. The standard InChI is InChI=1S/C21H31N3O4/c1-12-5-7-14-17(24(12)20(26)27)10-9-16(18(14)22)23-13-6-8-15(19(25)28-4)21(2,3)11-13/h9-10,12-13,15,23H,5-8,11,22H2,1-4H3,(H,26,27)/t12?,13-,15-/m0/s1. The summed E-state index contributed by atoms with van der Waals surface area (Å²) in [4.78, 5) is 25.1. The molecule has 0 saturated heterocycles. The molecule has 7 heteroatoms. The summed E-state index contributed by atoms with van der Waals surface area (Å²) in [7, 11) is 1.44. The lowest BCUT2D eigenvalue weighted by atomic mass is 9.67. The van der Waals surface area contributed by atoms with Crippen LogP contribution in [0.25, 0.3) is 0 Å². The average Bonchev–Trinajstić information content (AvgIpc) is 2.62. The van der Waals surface area contributed by atoms with Gasteiger partial charge in [0.2, 0.25) is 0 Å². The Morgan fingerprint density at radius 3 is 2.61 bits per heavy atom. The molecule has 0 radical (unpaired) electrons. The summed E-state index contributed by atoms with van der Waals surface area (Å²) in [5, 5.41) is 13.1. The number of hydrogen-bond donors (Lipinski definition) is 3. The van der Waals surface area contributed by atoms with Crippen LogP contribution >= 0.6 is 0 Å². The molecule has 2 aliphatic rings. The number of anilines is 3.